The van der Waals surface area contributed by atoms with Crippen LogP contribution in [0.2, 0.25) is 0 Å². The van der Waals surface area contributed by atoms with Crippen LogP contribution in [0, 0.1) is 0 Å². The van der Waals surface area contributed by atoms with Crippen LogP contribution < -0.4 is 0 Å². The zero-order valence-electron chi connectivity index (χ0n) is 10.3. The fraction of sp³-hybridized carbons (Fsp3) is 0.500. The molecule has 0 saturated carbocycles. The van der Waals surface area contributed by atoms with Gasteiger partial charge in [-0.2, -0.15) is 0 Å². The summed E-state index contributed by atoms with van der Waals surface area (Å²) in [5.41, 5.74) is 0. The molecule has 0 aromatic rings. The van der Waals surface area contributed by atoms with Crippen molar-refractivity contribution in [3.8, 4) is 0 Å². The van der Waals surface area contributed by atoms with Crippen molar-refractivity contribution in [2.45, 2.75) is 0 Å². The van der Waals surface area contributed by atoms with Crippen molar-refractivity contribution in [3.63, 3.8) is 0 Å². The van der Waals surface area contributed by atoms with Crippen molar-refractivity contribution in [1.82, 2.24) is 4.90 Å². The van der Waals surface area contributed by atoms with Gasteiger partial charge in [0.1, 0.15) is 6.29 Å². The van der Waals surface area contributed by atoms with Crippen LogP contribution >= 0.6 is 0 Å². The summed E-state index contributed by atoms with van der Waals surface area (Å²) in [5.74, 6) is 0. The van der Waals surface area contributed by atoms with Crippen molar-refractivity contribution in [1.29, 1.82) is 0 Å². The first-order valence-electron chi connectivity index (χ1n) is 5.07. The molecule has 0 N–H and O–H groups in total. The third-order valence-electron chi connectivity index (χ3n) is 0.503. The van der Waals surface area contributed by atoms with Crippen molar-refractivity contribution in [3.05, 3.63) is 12.2 Å². The number of aldehydes is 1. The first kappa shape index (κ1) is 1.95. The number of likely N-dealkylation sites (N-methyl/N-ethyl adjacent to an activating group) is 1. The Morgan fingerprint density at radius 2 is 2.50 bits per heavy atom. The molecular weight excluding hydrogens is 102 g/mol. The third kappa shape index (κ3) is 5.37. The fourth-order valence-electron chi connectivity index (χ4n) is 0.222. The minimum atomic E-state index is -2.70. The second kappa shape index (κ2) is 4.53. The number of carbonyl (C=O) groups excluding carboxylic acids is 1. The zero-order chi connectivity index (χ0) is 11.4. The molecule has 0 aliphatic carbocycles. The molecular formula is C6H11NO. The van der Waals surface area contributed by atoms with E-state index in [2.05, 4.69) is 0 Å². The summed E-state index contributed by atoms with van der Waals surface area (Å²) in [5, 5.41) is 0. The largest absolute Gasteiger partial charge is 0.306 e. The van der Waals surface area contributed by atoms with Gasteiger partial charge in [-0.25, -0.2) is 0 Å². The van der Waals surface area contributed by atoms with E-state index >= 15 is 0 Å². The smallest absolute Gasteiger partial charge is 0.142 e. The van der Waals surface area contributed by atoms with E-state index in [0.717, 1.165) is 6.08 Å². The van der Waals surface area contributed by atoms with E-state index in [1.54, 1.807) is 0 Å². The third-order valence-corrected chi connectivity index (χ3v) is 0.503. The highest BCUT2D eigenvalue weighted by atomic mass is 16.1. The van der Waals surface area contributed by atoms with Crippen molar-refractivity contribution >= 4 is 6.29 Å². The Labute approximate surface area is 58.2 Å². The average Bonchev–Trinajstić information content (AvgIpc) is 1.92. The van der Waals surface area contributed by atoms with E-state index in [1.165, 1.54) is 6.08 Å². The molecule has 0 rings (SSSR count). The van der Waals surface area contributed by atoms with Crippen LogP contribution in [-0.2, 0) is 4.79 Å². The first-order valence-corrected chi connectivity index (χ1v) is 2.07. The van der Waals surface area contributed by atoms with Crippen molar-refractivity contribution in [2.75, 3.05) is 20.5 Å². The lowest BCUT2D eigenvalue weighted by Crippen LogP contribution is -2.10. The second-order valence-corrected chi connectivity index (χ2v) is 1.17. The SMILES string of the molecule is [2H]C([2H])([2H])N(CC=CC=O)C([2H])([2H])[2H]. The molecule has 0 saturated heterocycles. The highest BCUT2D eigenvalue weighted by Gasteiger charge is 1.78. The van der Waals surface area contributed by atoms with Gasteiger partial charge in [0.05, 0.1) is 0 Å². The summed E-state index contributed by atoms with van der Waals surface area (Å²) < 4.78 is 41.7. The number of hydrogen-bond acceptors (Lipinski definition) is 2. The normalized spacial score (nSPS) is 25.1. The Bertz CT molecular complexity index is 203. The van der Waals surface area contributed by atoms with E-state index in [4.69, 9.17) is 8.22 Å². The zero-order valence-corrected chi connectivity index (χ0v) is 4.29. The van der Waals surface area contributed by atoms with Gasteiger partial charge in [0.15, 0.2) is 0 Å². The molecule has 0 aromatic heterocycles. The van der Waals surface area contributed by atoms with Crippen LogP contribution in [0.25, 0.3) is 0 Å². The van der Waals surface area contributed by atoms with Crippen molar-refractivity contribution in [2.24, 2.45) is 0 Å². The molecule has 0 aliphatic rings. The van der Waals surface area contributed by atoms with Gasteiger partial charge >= 0.3 is 0 Å². The summed E-state index contributed by atoms with van der Waals surface area (Å²) in [7, 11) is 0. The van der Waals surface area contributed by atoms with E-state index in [1.807, 2.05) is 0 Å². The van der Waals surface area contributed by atoms with Gasteiger partial charge in [-0.15, -0.1) is 0 Å². The lowest BCUT2D eigenvalue weighted by molar-refractivity contribution is -0.104. The Kier molecular flexibility index (Phi) is 1.11. The first-order chi connectivity index (χ1) is 6.19. The number of hydrogen-bond donors (Lipinski definition) is 0. The average molecular weight is 119 g/mol. The molecule has 2 heteroatoms. The summed E-state index contributed by atoms with van der Waals surface area (Å²) in [6.07, 6.45) is 2.70. The molecule has 0 radical (unpaired) electrons. The molecule has 0 spiro atoms. The van der Waals surface area contributed by atoms with E-state index in [9.17, 15) is 4.79 Å². The minimum absolute atomic E-state index is 0.314. The summed E-state index contributed by atoms with van der Waals surface area (Å²) in [6.45, 7) is -5.71. The molecule has 0 unspecified atom stereocenters. The molecule has 0 bridgehead atoms. The fourth-order valence-corrected chi connectivity index (χ4v) is 0.222. The summed E-state index contributed by atoms with van der Waals surface area (Å²) in [6, 6.07) is 0. The molecule has 0 atom stereocenters. The van der Waals surface area contributed by atoms with Crippen LogP contribution in [0.15, 0.2) is 12.2 Å². The van der Waals surface area contributed by atoms with Crippen LogP contribution in [0.1, 0.15) is 8.22 Å². The maximum Gasteiger partial charge on any atom is 0.142 e. The molecule has 0 fully saturated rings. The van der Waals surface area contributed by atoms with E-state index in [0.29, 0.717) is 11.2 Å². The maximum atomic E-state index is 9.90. The number of rotatable bonds is 3. The van der Waals surface area contributed by atoms with Crippen molar-refractivity contribution < 1.29 is 13.0 Å². The highest BCUT2D eigenvalue weighted by molar-refractivity contribution is 5.64. The lowest BCUT2D eigenvalue weighted by atomic mass is 10.5. The van der Waals surface area contributed by atoms with Gasteiger partial charge in [0.25, 0.3) is 0 Å². The summed E-state index contributed by atoms with van der Waals surface area (Å²) in [4.78, 5) is 10.3. The van der Waals surface area contributed by atoms with Gasteiger partial charge in [-0.3, -0.25) is 4.79 Å². The second-order valence-electron chi connectivity index (χ2n) is 1.17. The lowest BCUT2D eigenvalue weighted by Gasteiger charge is -2.01. The number of allylic oxidation sites excluding steroid dienone is 1. The van der Waals surface area contributed by atoms with Crippen LogP contribution in [0.3, 0.4) is 0 Å². The minimum Gasteiger partial charge on any atom is -0.306 e. The Balaban J connectivity index is 4.59. The van der Waals surface area contributed by atoms with E-state index in [-0.39, 0.29) is 6.54 Å². The Morgan fingerprint density at radius 3 is 3.00 bits per heavy atom. The molecule has 0 heterocycles. The standard InChI is InChI=1S/C6H11NO/c1-7(2)5-3-4-6-8/h3-4,6H,5H2,1-2H3/i1D3,2D3. The van der Waals surface area contributed by atoms with Gasteiger partial charge in [0, 0.05) is 14.8 Å². The highest BCUT2D eigenvalue weighted by Crippen LogP contribution is 1.73. The van der Waals surface area contributed by atoms with E-state index < -0.39 is 14.0 Å². The topological polar surface area (TPSA) is 20.3 Å². The predicted molar refractivity (Wildman–Crippen MR) is 33.8 cm³/mol. The van der Waals surface area contributed by atoms with Crippen LogP contribution in [0.4, 0.5) is 0 Å². The van der Waals surface area contributed by atoms with Gasteiger partial charge < -0.3 is 4.90 Å². The summed E-state index contributed by atoms with van der Waals surface area (Å²) >= 11 is 0. The van der Waals surface area contributed by atoms with Crippen LogP contribution in [0.5, 0.6) is 0 Å². The Morgan fingerprint density at radius 1 is 1.75 bits per heavy atom. The monoisotopic (exact) mass is 119 g/mol. The molecule has 46 valence electrons. The maximum absolute atomic E-state index is 9.90. The molecule has 0 aliphatic heterocycles. The van der Waals surface area contributed by atoms with Gasteiger partial charge in [-0.05, 0) is 20.0 Å². The molecule has 0 aromatic carbocycles. The molecule has 2 nitrogen and oxygen atoms in total. The predicted octanol–water partition coefficient (Wildman–Crippen LogP) is 0.303. The van der Waals surface area contributed by atoms with Gasteiger partial charge in [0.2, 0.25) is 0 Å². The van der Waals surface area contributed by atoms with Crippen LogP contribution in [-0.4, -0.2) is 31.7 Å². The molecule has 8 heavy (non-hydrogen) atoms. The Hall–Kier alpha value is -0.630. The number of carbonyl (C=O) groups is 1. The van der Waals surface area contributed by atoms with Gasteiger partial charge in [-0.1, -0.05) is 6.08 Å². The quantitative estimate of drug-likeness (QED) is 0.393. The number of nitrogens with zero attached hydrogens (tertiary/aromatic N) is 1. The molecule has 0 amide bonds.